The minimum atomic E-state index is -2.99. The number of rotatable bonds is 4. The third kappa shape index (κ3) is 3.45. The number of nitrogens with zero attached hydrogens (tertiary/aromatic N) is 2. The summed E-state index contributed by atoms with van der Waals surface area (Å²) in [5.74, 6) is 0.488. The van der Waals surface area contributed by atoms with Gasteiger partial charge in [0.15, 0.2) is 9.84 Å². The summed E-state index contributed by atoms with van der Waals surface area (Å²) in [5.41, 5.74) is 0.968. The van der Waals surface area contributed by atoms with Gasteiger partial charge in [-0.1, -0.05) is 0 Å². The normalized spacial score (nSPS) is 20.5. The highest BCUT2D eigenvalue weighted by Crippen LogP contribution is 2.26. The number of aromatic nitrogens is 2. The molecule has 1 aliphatic heterocycles. The summed E-state index contributed by atoms with van der Waals surface area (Å²) in [4.78, 5) is 11.9. The number of hydrogen-bond donors (Lipinski definition) is 1. The van der Waals surface area contributed by atoms with Crippen molar-refractivity contribution >= 4 is 39.0 Å². The van der Waals surface area contributed by atoms with Crippen LogP contribution < -0.4 is 5.32 Å². The summed E-state index contributed by atoms with van der Waals surface area (Å²) in [6.07, 6.45) is 5.26. The largest absolute Gasteiger partial charge is 0.307 e. The number of hydrogen-bond acceptors (Lipinski definition) is 5. The second-order valence-corrected chi connectivity index (χ2v) is 8.11. The van der Waals surface area contributed by atoms with Gasteiger partial charge in [0.25, 0.3) is 0 Å². The molecule has 116 valence electrons. The Labute approximate surface area is 132 Å². The Kier molecular flexibility index (Phi) is 4.12. The molecule has 0 spiro atoms. The molecule has 1 fully saturated rings. The molecule has 0 aliphatic carbocycles. The summed E-state index contributed by atoms with van der Waals surface area (Å²) in [6.45, 7) is 0. The second kappa shape index (κ2) is 6.05. The average molecular weight is 337 g/mol. The van der Waals surface area contributed by atoms with E-state index >= 15 is 0 Å². The second-order valence-electron chi connectivity index (χ2n) is 5.10. The topological polar surface area (TPSA) is 81.1 Å². The number of sulfone groups is 1. The van der Waals surface area contributed by atoms with Crippen LogP contribution >= 0.6 is 11.3 Å². The highest BCUT2D eigenvalue weighted by atomic mass is 32.2. The zero-order valence-electron chi connectivity index (χ0n) is 11.7. The fraction of sp³-hybridized carbons (Fsp3) is 0.286. The Bertz CT molecular complexity index is 791. The molecule has 0 unspecified atom stereocenters. The molecule has 0 bridgehead atoms. The Balaban J connectivity index is 1.69. The van der Waals surface area contributed by atoms with Crippen LogP contribution in [0.25, 0.3) is 6.08 Å². The Morgan fingerprint density at radius 3 is 3.00 bits per heavy atom. The fourth-order valence-corrected chi connectivity index (χ4v) is 4.70. The molecule has 0 saturated carbocycles. The van der Waals surface area contributed by atoms with Gasteiger partial charge in [-0.15, -0.1) is 0 Å². The number of carbonyl (C=O) groups is 1. The van der Waals surface area contributed by atoms with E-state index in [2.05, 4.69) is 10.4 Å². The SMILES string of the molecule is O=C(/C=C/c1ccsc1)Nc1ccnn1[C@@H]1CCS(=O)(=O)C1. The van der Waals surface area contributed by atoms with Crippen molar-refractivity contribution in [2.75, 3.05) is 16.8 Å². The third-order valence-corrected chi connectivity index (χ3v) is 5.90. The van der Waals surface area contributed by atoms with Gasteiger partial charge in [0.1, 0.15) is 5.82 Å². The quantitative estimate of drug-likeness (QED) is 0.865. The highest BCUT2D eigenvalue weighted by molar-refractivity contribution is 7.91. The lowest BCUT2D eigenvalue weighted by atomic mass is 10.3. The van der Waals surface area contributed by atoms with Crippen molar-refractivity contribution < 1.29 is 13.2 Å². The molecule has 0 aromatic carbocycles. The van der Waals surface area contributed by atoms with Crippen LogP contribution in [0.2, 0.25) is 0 Å². The van der Waals surface area contributed by atoms with Crippen LogP contribution in [0.15, 0.2) is 35.2 Å². The molecule has 8 heteroatoms. The smallest absolute Gasteiger partial charge is 0.249 e. The minimum absolute atomic E-state index is 0.0717. The highest BCUT2D eigenvalue weighted by Gasteiger charge is 2.30. The van der Waals surface area contributed by atoms with E-state index in [-0.39, 0.29) is 23.5 Å². The van der Waals surface area contributed by atoms with E-state index in [0.717, 1.165) is 5.56 Å². The first kappa shape index (κ1) is 15.0. The predicted octanol–water partition coefficient (Wildman–Crippen LogP) is 1.96. The standard InChI is InChI=1S/C14H15N3O3S2/c18-14(2-1-11-4-7-21-9-11)16-13-3-6-15-17(13)12-5-8-22(19,20)10-12/h1-4,6-7,9,12H,5,8,10H2,(H,16,18)/b2-1+/t12-/m1/s1. The third-order valence-electron chi connectivity index (χ3n) is 3.45. The molecule has 6 nitrogen and oxygen atoms in total. The van der Waals surface area contributed by atoms with Gasteiger partial charge in [0, 0.05) is 12.1 Å². The number of carbonyl (C=O) groups excluding carboxylic acids is 1. The maximum atomic E-state index is 11.9. The lowest BCUT2D eigenvalue weighted by Crippen LogP contribution is -2.18. The molecule has 0 radical (unpaired) electrons. The molecule has 1 amide bonds. The molecule has 3 rings (SSSR count). The van der Waals surface area contributed by atoms with Gasteiger partial charge in [-0.25, -0.2) is 13.1 Å². The van der Waals surface area contributed by atoms with E-state index < -0.39 is 9.84 Å². The first-order valence-corrected chi connectivity index (χ1v) is 9.55. The Morgan fingerprint density at radius 1 is 1.45 bits per heavy atom. The van der Waals surface area contributed by atoms with E-state index in [1.807, 2.05) is 16.8 Å². The van der Waals surface area contributed by atoms with Gasteiger partial charge < -0.3 is 5.32 Å². The summed E-state index contributed by atoms with van der Waals surface area (Å²) >= 11 is 1.56. The number of amides is 1. The van der Waals surface area contributed by atoms with Crippen molar-refractivity contribution in [2.24, 2.45) is 0 Å². The summed E-state index contributed by atoms with van der Waals surface area (Å²) in [6, 6.07) is 3.37. The van der Waals surface area contributed by atoms with E-state index in [1.165, 1.54) is 6.08 Å². The summed E-state index contributed by atoms with van der Waals surface area (Å²) in [7, 11) is -2.99. The van der Waals surface area contributed by atoms with E-state index in [9.17, 15) is 13.2 Å². The first-order chi connectivity index (χ1) is 10.5. The average Bonchev–Trinajstić information content (AvgIpc) is 3.17. The van der Waals surface area contributed by atoms with Gasteiger partial charge in [-0.2, -0.15) is 16.4 Å². The van der Waals surface area contributed by atoms with Gasteiger partial charge >= 0.3 is 0 Å². The lowest BCUT2D eigenvalue weighted by molar-refractivity contribution is -0.111. The molecular weight excluding hydrogens is 322 g/mol. The Morgan fingerprint density at radius 2 is 2.32 bits per heavy atom. The molecule has 2 aromatic rings. The first-order valence-electron chi connectivity index (χ1n) is 6.79. The molecule has 1 aliphatic rings. The van der Waals surface area contributed by atoms with Gasteiger partial charge in [-0.05, 0) is 34.9 Å². The molecule has 2 aromatic heterocycles. The molecule has 3 heterocycles. The molecule has 22 heavy (non-hydrogen) atoms. The van der Waals surface area contributed by atoms with Crippen LogP contribution in [0.4, 0.5) is 5.82 Å². The Hall–Kier alpha value is -1.93. The zero-order chi connectivity index (χ0) is 15.6. The number of thiophene rings is 1. The summed E-state index contributed by atoms with van der Waals surface area (Å²) in [5, 5.41) is 10.8. The maximum absolute atomic E-state index is 11.9. The molecule has 1 atom stereocenters. The van der Waals surface area contributed by atoms with Crippen molar-refractivity contribution in [3.8, 4) is 0 Å². The van der Waals surface area contributed by atoms with Gasteiger partial charge in [0.2, 0.25) is 5.91 Å². The lowest BCUT2D eigenvalue weighted by Gasteiger charge is -2.12. The van der Waals surface area contributed by atoms with Crippen LogP contribution in [-0.4, -0.2) is 35.6 Å². The van der Waals surface area contributed by atoms with Crippen molar-refractivity contribution in [1.29, 1.82) is 0 Å². The molecular formula is C14H15N3O3S2. The van der Waals surface area contributed by atoms with Crippen molar-refractivity contribution in [1.82, 2.24) is 9.78 Å². The van der Waals surface area contributed by atoms with E-state index in [0.29, 0.717) is 12.2 Å². The van der Waals surface area contributed by atoms with Crippen molar-refractivity contribution in [3.63, 3.8) is 0 Å². The van der Waals surface area contributed by atoms with E-state index in [1.54, 1.807) is 34.4 Å². The van der Waals surface area contributed by atoms with Gasteiger partial charge in [-0.3, -0.25) is 4.79 Å². The van der Waals surface area contributed by atoms with Gasteiger partial charge in [0.05, 0.1) is 23.7 Å². The minimum Gasteiger partial charge on any atom is -0.307 e. The molecule has 1 saturated heterocycles. The monoisotopic (exact) mass is 337 g/mol. The number of nitrogens with one attached hydrogen (secondary N) is 1. The van der Waals surface area contributed by atoms with Crippen LogP contribution in [-0.2, 0) is 14.6 Å². The fourth-order valence-electron chi connectivity index (χ4n) is 2.38. The van der Waals surface area contributed by atoms with E-state index in [4.69, 9.17) is 0 Å². The summed E-state index contributed by atoms with van der Waals surface area (Å²) < 4.78 is 24.7. The number of anilines is 1. The van der Waals surface area contributed by atoms with Crippen molar-refractivity contribution in [2.45, 2.75) is 12.5 Å². The van der Waals surface area contributed by atoms with Crippen LogP contribution in [0, 0.1) is 0 Å². The maximum Gasteiger partial charge on any atom is 0.249 e. The van der Waals surface area contributed by atoms with Crippen LogP contribution in [0.3, 0.4) is 0 Å². The van der Waals surface area contributed by atoms with Crippen LogP contribution in [0.5, 0.6) is 0 Å². The van der Waals surface area contributed by atoms with Crippen molar-refractivity contribution in [3.05, 3.63) is 40.7 Å². The zero-order valence-corrected chi connectivity index (χ0v) is 13.3. The predicted molar refractivity (Wildman–Crippen MR) is 86.5 cm³/mol. The van der Waals surface area contributed by atoms with Crippen LogP contribution in [0.1, 0.15) is 18.0 Å². The molecule has 1 N–H and O–H groups in total.